The number of nitrogens with one attached hydrogen (secondary N) is 3. The molecule has 2 fully saturated rings. The quantitative estimate of drug-likeness (QED) is 0.798. The fourth-order valence-corrected chi connectivity index (χ4v) is 2.44. The van der Waals surface area contributed by atoms with Crippen LogP contribution in [0.2, 0.25) is 0 Å². The van der Waals surface area contributed by atoms with E-state index in [1.807, 2.05) is 0 Å². The Morgan fingerprint density at radius 2 is 1.77 bits per heavy atom. The molecule has 3 N–H and O–H groups in total. The van der Waals surface area contributed by atoms with Crippen molar-refractivity contribution >= 4 is 17.7 Å². The second-order valence-electron chi connectivity index (χ2n) is 5.76. The van der Waals surface area contributed by atoms with E-state index >= 15 is 0 Å². The highest BCUT2D eigenvalue weighted by atomic mass is 19.1. The predicted molar refractivity (Wildman–Crippen MR) is 80.1 cm³/mol. The number of hydrogen-bond acceptors (Lipinski definition) is 2. The molecule has 118 valence electrons. The van der Waals surface area contributed by atoms with Crippen molar-refractivity contribution in [2.24, 2.45) is 0 Å². The van der Waals surface area contributed by atoms with Crippen molar-refractivity contribution in [2.75, 3.05) is 18.4 Å². The molecule has 2 aliphatic rings. The third-order valence-electron chi connectivity index (χ3n) is 3.82. The molecular formula is C15H19FN4O2. The zero-order valence-corrected chi connectivity index (χ0v) is 12.1. The lowest BCUT2D eigenvalue weighted by Crippen LogP contribution is -2.43. The van der Waals surface area contributed by atoms with E-state index in [0.29, 0.717) is 24.8 Å². The summed E-state index contributed by atoms with van der Waals surface area (Å²) >= 11 is 0. The van der Waals surface area contributed by atoms with E-state index in [-0.39, 0.29) is 23.9 Å². The van der Waals surface area contributed by atoms with Crippen molar-refractivity contribution in [2.45, 2.75) is 31.3 Å². The average molecular weight is 306 g/mol. The fourth-order valence-electron chi connectivity index (χ4n) is 2.44. The zero-order valence-electron chi connectivity index (χ0n) is 12.1. The first-order valence-corrected chi connectivity index (χ1v) is 7.49. The van der Waals surface area contributed by atoms with Crippen molar-refractivity contribution in [1.29, 1.82) is 0 Å². The maximum absolute atomic E-state index is 12.8. The summed E-state index contributed by atoms with van der Waals surface area (Å²) in [4.78, 5) is 25.5. The number of halogens is 1. The molecule has 1 aliphatic heterocycles. The predicted octanol–water partition coefficient (Wildman–Crippen LogP) is 1.89. The summed E-state index contributed by atoms with van der Waals surface area (Å²) in [6.45, 7) is 1.15. The molecule has 0 aromatic heterocycles. The number of urea groups is 2. The smallest absolute Gasteiger partial charge is 0.319 e. The van der Waals surface area contributed by atoms with Crippen molar-refractivity contribution < 1.29 is 14.0 Å². The van der Waals surface area contributed by atoms with Crippen LogP contribution in [0.15, 0.2) is 24.3 Å². The summed E-state index contributed by atoms with van der Waals surface area (Å²) in [5.74, 6) is -0.348. The first kappa shape index (κ1) is 14.6. The van der Waals surface area contributed by atoms with Gasteiger partial charge in [-0.3, -0.25) is 0 Å². The van der Waals surface area contributed by atoms with Crippen LogP contribution in [-0.2, 0) is 0 Å². The van der Waals surface area contributed by atoms with Gasteiger partial charge in [-0.1, -0.05) is 0 Å². The molecule has 0 unspecified atom stereocenters. The molecule has 1 atom stereocenters. The van der Waals surface area contributed by atoms with Gasteiger partial charge >= 0.3 is 12.1 Å². The van der Waals surface area contributed by atoms with Gasteiger partial charge in [-0.2, -0.15) is 0 Å². The number of amides is 4. The molecular weight excluding hydrogens is 287 g/mol. The van der Waals surface area contributed by atoms with Gasteiger partial charge in [0, 0.05) is 30.9 Å². The molecule has 1 aromatic rings. The summed E-state index contributed by atoms with van der Waals surface area (Å²) in [5, 5.41) is 8.41. The maximum Gasteiger partial charge on any atom is 0.319 e. The van der Waals surface area contributed by atoms with Gasteiger partial charge in [0.05, 0.1) is 0 Å². The van der Waals surface area contributed by atoms with Gasteiger partial charge in [-0.05, 0) is 43.5 Å². The SMILES string of the molecule is O=C(Nc1ccc(F)cc1)N[C@@H]1CCN(C(=O)NC2CC2)C1. The number of likely N-dealkylation sites (tertiary alicyclic amines) is 1. The normalized spacial score (nSPS) is 20.6. The van der Waals surface area contributed by atoms with Gasteiger partial charge in [0.15, 0.2) is 0 Å². The number of benzene rings is 1. The van der Waals surface area contributed by atoms with Crippen LogP contribution in [0.25, 0.3) is 0 Å². The Kier molecular flexibility index (Phi) is 4.13. The van der Waals surface area contributed by atoms with Gasteiger partial charge in [-0.15, -0.1) is 0 Å². The van der Waals surface area contributed by atoms with Gasteiger partial charge in [0.1, 0.15) is 5.82 Å². The molecule has 1 saturated heterocycles. The van der Waals surface area contributed by atoms with Crippen LogP contribution in [0.1, 0.15) is 19.3 Å². The number of nitrogens with zero attached hydrogens (tertiary/aromatic N) is 1. The third kappa shape index (κ3) is 3.87. The van der Waals surface area contributed by atoms with Gasteiger partial charge in [0.25, 0.3) is 0 Å². The standard InChI is InChI=1S/C15H19FN4O2/c16-10-1-3-11(4-2-10)17-14(21)18-13-7-8-20(9-13)15(22)19-12-5-6-12/h1-4,12-13H,5-9H2,(H,19,22)(H2,17,18,21)/t13-/m1/s1. The lowest BCUT2D eigenvalue weighted by atomic mass is 10.3. The minimum Gasteiger partial charge on any atom is -0.335 e. The molecule has 0 bridgehead atoms. The Labute approximate surface area is 128 Å². The summed E-state index contributed by atoms with van der Waals surface area (Å²) < 4.78 is 12.8. The Hall–Kier alpha value is -2.31. The van der Waals surface area contributed by atoms with E-state index in [1.165, 1.54) is 24.3 Å². The van der Waals surface area contributed by atoms with Crippen molar-refractivity contribution in [3.05, 3.63) is 30.1 Å². The highest BCUT2D eigenvalue weighted by Crippen LogP contribution is 2.20. The van der Waals surface area contributed by atoms with E-state index in [9.17, 15) is 14.0 Å². The summed E-state index contributed by atoms with van der Waals surface area (Å²) in [6, 6.07) is 5.45. The molecule has 22 heavy (non-hydrogen) atoms. The minimum atomic E-state index is -0.348. The van der Waals surface area contributed by atoms with Gasteiger partial charge in [-0.25, -0.2) is 14.0 Å². The van der Waals surface area contributed by atoms with Crippen molar-refractivity contribution in [3.63, 3.8) is 0 Å². The average Bonchev–Trinajstić information content (AvgIpc) is 3.17. The van der Waals surface area contributed by atoms with E-state index in [2.05, 4.69) is 16.0 Å². The maximum atomic E-state index is 12.8. The van der Waals surface area contributed by atoms with Crippen molar-refractivity contribution in [3.8, 4) is 0 Å². The second-order valence-corrected chi connectivity index (χ2v) is 5.76. The molecule has 1 aliphatic carbocycles. The fraction of sp³-hybridized carbons (Fsp3) is 0.467. The number of hydrogen-bond donors (Lipinski definition) is 3. The van der Waals surface area contributed by atoms with Crippen LogP contribution in [-0.4, -0.2) is 42.1 Å². The zero-order chi connectivity index (χ0) is 15.5. The Bertz CT molecular complexity index is 559. The van der Waals surface area contributed by atoms with Crippen LogP contribution in [0.3, 0.4) is 0 Å². The Morgan fingerprint density at radius 3 is 2.45 bits per heavy atom. The topological polar surface area (TPSA) is 73.5 Å². The highest BCUT2D eigenvalue weighted by Gasteiger charge is 2.30. The number of anilines is 1. The van der Waals surface area contributed by atoms with Gasteiger partial charge < -0.3 is 20.9 Å². The van der Waals surface area contributed by atoms with E-state index in [0.717, 1.165) is 19.3 Å². The molecule has 4 amide bonds. The van der Waals surface area contributed by atoms with Crippen LogP contribution in [0, 0.1) is 5.82 Å². The van der Waals surface area contributed by atoms with Gasteiger partial charge in [0.2, 0.25) is 0 Å². The first-order valence-electron chi connectivity index (χ1n) is 7.49. The summed E-state index contributed by atoms with van der Waals surface area (Å²) in [7, 11) is 0. The van der Waals surface area contributed by atoms with Crippen LogP contribution >= 0.6 is 0 Å². The van der Waals surface area contributed by atoms with E-state index in [1.54, 1.807) is 4.90 Å². The highest BCUT2D eigenvalue weighted by molar-refractivity contribution is 5.89. The summed E-state index contributed by atoms with van der Waals surface area (Å²) in [6.07, 6.45) is 2.84. The van der Waals surface area contributed by atoms with Crippen LogP contribution < -0.4 is 16.0 Å². The Balaban J connectivity index is 1.44. The molecule has 0 spiro atoms. The molecule has 0 radical (unpaired) electrons. The van der Waals surface area contributed by atoms with Crippen LogP contribution in [0.4, 0.5) is 19.7 Å². The molecule has 6 nitrogen and oxygen atoms in total. The lowest BCUT2D eigenvalue weighted by Gasteiger charge is -2.18. The van der Waals surface area contributed by atoms with Crippen molar-refractivity contribution in [1.82, 2.24) is 15.5 Å². The van der Waals surface area contributed by atoms with E-state index < -0.39 is 0 Å². The van der Waals surface area contributed by atoms with Crippen LogP contribution in [0.5, 0.6) is 0 Å². The molecule has 7 heteroatoms. The monoisotopic (exact) mass is 306 g/mol. The molecule has 3 rings (SSSR count). The number of rotatable bonds is 3. The molecule has 1 aromatic carbocycles. The molecule has 1 saturated carbocycles. The lowest BCUT2D eigenvalue weighted by molar-refractivity contribution is 0.206. The first-order chi connectivity index (χ1) is 10.6. The summed E-state index contributed by atoms with van der Waals surface area (Å²) in [5.41, 5.74) is 0.528. The largest absolute Gasteiger partial charge is 0.335 e. The Morgan fingerprint density at radius 1 is 1.05 bits per heavy atom. The number of carbonyl (C=O) groups excluding carboxylic acids is 2. The van der Waals surface area contributed by atoms with E-state index in [4.69, 9.17) is 0 Å². The number of carbonyl (C=O) groups is 2. The minimum absolute atomic E-state index is 0.0502. The molecule has 1 heterocycles. The second kappa shape index (κ2) is 6.21. The third-order valence-corrected chi connectivity index (χ3v) is 3.82.